The van der Waals surface area contributed by atoms with Crippen molar-refractivity contribution in [2.75, 3.05) is 13.7 Å². The van der Waals surface area contributed by atoms with Gasteiger partial charge in [0.05, 0.1) is 25.9 Å². The van der Waals surface area contributed by atoms with Gasteiger partial charge in [-0.15, -0.1) is 0 Å². The van der Waals surface area contributed by atoms with Gasteiger partial charge in [0, 0.05) is 27.8 Å². The summed E-state index contributed by atoms with van der Waals surface area (Å²) < 4.78 is 5.43. The molecule has 2 N–H and O–H groups in total. The number of H-pyrrole nitrogens is 1. The predicted molar refractivity (Wildman–Crippen MR) is 101 cm³/mol. The Morgan fingerprint density at radius 3 is 2.81 bits per heavy atom. The van der Waals surface area contributed by atoms with Crippen LogP contribution in [0.25, 0.3) is 21.6 Å². The molecule has 1 aromatic heterocycles. The lowest BCUT2D eigenvalue weighted by atomic mass is 10.0. The maximum atomic E-state index is 12.7. The highest BCUT2D eigenvalue weighted by atomic mass is 16.5. The molecule has 0 bridgehead atoms. The van der Waals surface area contributed by atoms with E-state index in [0.717, 1.165) is 16.7 Å². The van der Waals surface area contributed by atoms with E-state index in [1.165, 1.54) is 0 Å². The second-order valence-corrected chi connectivity index (χ2v) is 5.75. The van der Waals surface area contributed by atoms with Crippen molar-refractivity contribution in [2.45, 2.75) is 6.04 Å². The Balaban J connectivity index is 1.84. The van der Waals surface area contributed by atoms with E-state index >= 15 is 0 Å². The lowest BCUT2D eigenvalue weighted by molar-refractivity contribution is 0.0937. The number of carbonyl (C=O) groups is 1. The smallest absolute Gasteiger partial charge is 0.251 e. The Morgan fingerprint density at radius 2 is 2.15 bits per heavy atom. The number of azide groups is 1. The van der Waals surface area contributed by atoms with Crippen LogP contribution >= 0.6 is 0 Å². The fraction of sp³-hybridized carbons (Fsp3) is 0.158. The predicted octanol–water partition coefficient (Wildman–Crippen LogP) is 3.87. The van der Waals surface area contributed by atoms with E-state index in [0.29, 0.717) is 11.3 Å². The van der Waals surface area contributed by atoms with Crippen LogP contribution in [0.4, 0.5) is 0 Å². The largest absolute Gasteiger partial charge is 0.496 e. The van der Waals surface area contributed by atoms with Gasteiger partial charge < -0.3 is 10.1 Å². The zero-order valence-corrected chi connectivity index (χ0v) is 14.7. The number of benzene rings is 2. The minimum atomic E-state index is -0.422. The summed E-state index contributed by atoms with van der Waals surface area (Å²) in [5.74, 6) is 0.282. The van der Waals surface area contributed by atoms with E-state index in [1.54, 1.807) is 31.6 Å². The topological polar surface area (TPSA) is 116 Å². The quantitative estimate of drug-likeness (QED) is 0.377. The van der Waals surface area contributed by atoms with Crippen molar-refractivity contribution in [1.82, 2.24) is 15.5 Å². The first-order chi connectivity index (χ1) is 13.2. The molecule has 1 atom stereocenters. The average Bonchev–Trinajstić information content (AvgIpc) is 3.25. The van der Waals surface area contributed by atoms with Crippen LogP contribution in [0.1, 0.15) is 22.0 Å². The van der Waals surface area contributed by atoms with Crippen LogP contribution in [0.3, 0.4) is 0 Å². The number of rotatable bonds is 7. The van der Waals surface area contributed by atoms with Crippen molar-refractivity contribution in [3.8, 4) is 16.9 Å². The molecule has 1 amide bonds. The molecule has 0 aliphatic heterocycles. The first kappa shape index (κ1) is 18.0. The van der Waals surface area contributed by atoms with Crippen LogP contribution < -0.4 is 10.1 Å². The molecule has 0 spiro atoms. The number of aromatic amines is 1. The van der Waals surface area contributed by atoms with Crippen molar-refractivity contribution >= 4 is 5.91 Å². The number of carbonyl (C=O) groups excluding carboxylic acids is 1. The number of aromatic nitrogens is 2. The van der Waals surface area contributed by atoms with Gasteiger partial charge in [-0.25, -0.2) is 0 Å². The minimum Gasteiger partial charge on any atom is -0.496 e. The van der Waals surface area contributed by atoms with Crippen molar-refractivity contribution < 1.29 is 9.53 Å². The van der Waals surface area contributed by atoms with Crippen molar-refractivity contribution in [3.05, 3.63) is 82.5 Å². The molecule has 0 saturated carbocycles. The summed E-state index contributed by atoms with van der Waals surface area (Å²) in [5.41, 5.74) is 11.6. The fourth-order valence-electron chi connectivity index (χ4n) is 2.75. The Bertz CT molecular complexity index is 950. The Morgan fingerprint density at radius 1 is 1.33 bits per heavy atom. The number of amides is 1. The fourth-order valence-corrected chi connectivity index (χ4v) is 2.75. The van der Waals surface area contributed by atoms with Crippen LogP contribution in [-0.2, 0) is 0 Å². The number of nitrogens with one attached hydrogen (secondary N) is 2. The summed E-state index contributed by atoms with van der Waals surface area (Å²) in [7, 11) is 1.55. The number of methoxy groups -OCH3 is 1. The molecule has 0 aliphatic carbocycles. The highest BCUT2D eigenvalue weighted by Crippen LogP contribution is 2.30. The van der Waals surface area contributed by atoms with Gasteiger partial charge in [-0.3, -0.25) is 9.89 Å². The zero-order valence-electron chi connectivity index (χ0n) is 14.7. The van der Waals surface area contributed by atoms with E-state index in [9.17, 15) is 4.79 Å². The molecule has 8 heteroatoms. The molecule has 0 saturated heterocycles. The second kappa shape index (κ2) is 8.55. The summed E-state index contributed by atoms with van der Waals surface area (Å²) in [6.45, 7) is 0.122. The van der Waals surface area contributed by atoms with Gasteiger partial charge in [-0.1, -0.05) is 35.4 Å². The Hall–Kier alpha value is -3.77. The second-order valence-electron chi connectivity index (χ2n) is 5.75. The maximum absolute atomic E-state index is 12.7. The highest BCUT2D eigenvalue weighted by Gasteiger charge is 2.17. The molecule has 27 heavy (non-hydrogen) atoms. The molecule has 1 unspecified atom stereocenters. The summed E-state index contributed by atoms with van der Waals surface area (Å²) in [6, 6.07) is 14.2. The molecule has 0 fully saturated rings. The molecular formula is C19H18N6O2. The van der Waals surface area contributed by atoms with E-state index < -0.39 is 6.04 Å². The number of nitrogens with zero attached hydrogens (tertiary/aromatic N) is 4. The Kier molecular flexibility index (Phi) is 5.71. The lowest BCUT2D eigenvalue weighted by Crippen LogP contribution is -2.30. The van der Waals surface area contributed by atoms with Gasteiger partial charge in [-0.2, -0.15) is 5.10 Å². The summed E-state index contributed by atoms with van der Waals surface area (Å²) in [5, 5.41) is 13.2. The van der Waals surface area contributed by atoms with Crippen LogP contribution in [0.15, 0.2) is 66.0 Å². The molecule has 8 nitrogen and oxygen atoms in total. The van der Waals surface area contributed by atoms with Crippen molar-refractivity contribution in [1.29, 1.82) is 0 Å². The Labute approximate surface area is 155 Å². The average molecular weight is 362 g/mol. The van der Waals surface area contributed by atoms with Gasteiger partial charge in [0.15, 0.2) is 0 Å². The molecule has 1 heterocycles. The van der Waals surface area contributed by atoms with Crippen molar-refractivity contribution in [2.24, 2.45) is 5.11 Å². The van der Waals surface area contributed by atoms with E-state index in [4.69, 9.17) is 10.3 Å². The highest BCUT2D eigenvalue weighted by molar-refractivity contribution is 5.95. The monoisotopic (exact) mass is 362 g/mol. The molecule has 0 radical (unpaired) electrons. The van der Waals surface area contributed by atoms with Gasteiger partial charge in [0.2, 0.25) is 0 Å². The lowest BCUT2D eigenvalue weighted by Gasteiger charge is -2.18. The van der Waals surface area contributed by atoms with E-state index in [-0.39, 0.29) is 12.5 Å². The first-order valence-electron chi connectivity index (χ1n) is 8.26. The number of hydrogen-bond donors (Lipinski definition) is 2. The van der Waals surface area contributed by atoms with E-state index in [2.05, 4.69) is 25.5 Å². The van der Waals surface area contributed by atoms with Crippen LogP contribution in [0, 0.1) is 0 Å². The van der Waals surface area contributed by atoms with Gasteiger partial charge in [-0.05, 0) is 29.3 Å². The zero-order chi connectivity index (χ0) is 19.1. The maximum Gasteiger partial charge on any atom is 0.251 e. The summed E-state index contributed by atoms with van der Waals surface area (Å²) in [4.78, 5) is 15.5. The third kappa shape index (κ3) is 4.26. The number of ether oxygens (including phenoxy) is 1. The third-order valence-corrected chi connectivity index (χ3v) is 4.11. The minimum absolute atomic E-state index is 0.122. The van der Waals surface area contributed by atoms with Crippen LogP contribution in [0.5, 0.6) is 5.75 Å². The van der Waals surface area contributed by atoms with Gasteiger partial charge >= 0.3 is 0 Å². The summed E-state index contributed by atoms with van der Waals surface area (Å²) >= 11 is 0. The third-order valence-electron chi connectivity index (χ3n) is 4.11. The standard InChI is InChI=1S/C19H18N6O2/c1-27-18-9-14(7-8-16(18)15-10-21-22-11-15)19(26)24-17(12-23-25-20)13-5-3-2-4-6-13/h2-11,17H,12H2,1H3,(H,21,22)(H,24,26). The molecule has 2 aromatic carbocycles. The first-order valence-corrected chi connectivity index (χ1v) is 8.26. The number of hydrogen-bond acceptors (Lipinski definition) is 4. The molecular weight excluding hydrogens is 344 g/mol. The normalized spacial score (nSPS) is 11.3. The summed E-state index contributed by atoms with van der Waals surface area (Å²) in [6.07, 6.45) is 3.44. The van der Waals surface area contributed by atoms with Crippen molar-refractivity contribution in [3.63, 3.8) is 0 Å². The molecule has 3 rings (SSSR count). The van der Waals surface area contributed by atoms with Gasteiger partial charge in [0.25, 0.3) is 5.91 Å². The SMILES string of the molecule is COc1cc(C(=O)NC(CN=[N+]=[N-])c2ccccc2)ccc1-c1cn[nH]c1. The van der Waals surface area contributed by atoms with Crippen LogP contribution in [-0.4, -0.2) is 29.8 Å². The molecule has 3 aromatic rings. The van der Waals surface area contributed by atoms with Gasteiger partial charge in [0.1, 0.15) is 5.75 Å². The molecule has 136 valence electrons. The van der Waals surface area contributed by atoms with E-state index in [1.807, 2.05) is 36.4 Å². The van der Waals surface area contributed by atoms with Crippen LogP contribution in [0.2, 0.25) is 0 Å². The molecule has 0 aliphatic rings.